The lowest BCUT2D eigenvalue weighted by Gasteiger charge is -2.14. The molecule has 1 atom stereocenters. The number of hydrogen-bond acceptors (Lipinski definition) is 6. The number of carbonyl (C=O) groups is 2. The van der Waals surface area contributed by atoms with Crippen LogP contribution in [0.1, 0.15) is 27.0 Å². The van der Waals surface area contributed by atoms with Crippen molar-refractivity contribution in [2.45, 2.75) is 12.6 Å². The first-order chi connectivity index (χ1) is 14.6. The summed E-state index contributed by atoms with van der Waals surface area (Å²) in [5.41, 5.74) is 10.1. The molecular formula is C22H26N4O4. The molecule has 0 aliphatic rings. The minimum absolute atomic E-state index is 0.135. The molecule has 2 aromatic carbocycles. The second-order valence-electron chi connectivity index (χ2n) is 6.43. The van der Waals surface area contributed by atoms with Crippen LogP contribution in [0.4, 0.5) is 0 Å². The van der Waals surface area contributed by atoms with Crippen molar-refractivity contribution in [1.29, 1.82) is 0 Å². The summed E-state index contributed by atoms with van der Waals surface area (Å²) in [6, 6.07) is 13.6. The minimum atomic E-state index is -1.01. The molecule has 0 radical (unpaired) electrons. The average Bonchev–Trinajstić information content (AvgIpc) is 2.79. The van der Waals surface area contributed by atoms with Crippen LogP contribution in [-0.4, -0.2) is 49.9 Å². The summed E-state index contributed by atoms with van der Waals surface area (Å²) >= 11 is 0. The van der Waals surface area contributed by atoms with Crippen LogP contribution in [0.3, 0.4) is 0 Å². The first kappa shape index (κ1) is 23.1. The van der Waals surface area contributed by atoms with Crippen molar-refractivity contribution in [2.75, 3.05) is 26.8 Å². The van der Waals surface area contributed by atoms with Crippen LogP contribution < -0.4 is 21.8 Å². The third kappa shape index (κ3) is 7.31. The molecule has 0 aromatic heterocycles. The Kier molecular flexibility index (Phi) is 9.51. The van der Waals surface area contributed by atoms with Crippen LogP contribution in [0.25, 0.3) is 0 Å². The zero-order valence-corrected chi connectivity index (χ0v) is 16.8. The number of amides is 2. The molecule has 30 heavy (non-hydrogen) atoms. The monoisotopic (exact) mass is 410 g/mol. The highest BCUT2D eigenvalue weighted by molar-refractivity contribution is 5.97. The molecule has 0 heterocycles. The molecule has 0 aliphatic heterocycles. The highest BCUT2D eigenvalue weighted by Crippen LogP contribution is 2.06. The van der Waals surface area contributed by atoms with E-state index in [1.165, 1.54) is 5.48 Å². The Morgan fingerprint density at radius 2 is 1.67 bits per heavy atom. The quantitative estimate of drug-likeness (QED) is 0.176. The van der Waals surface area contributed by atoms with E-state index in [0.717, 1.165) is 29.8 Å². The van der Waals surface area contributed by atoms with E-state index in [4.69, 9.17) is 15.7 Å². The van der Waals surface area contributed by atoms with E-state index in [2.05, 4.69) is 22.5 Å². The summed E-state index contributed by atoms with van der Waals surface area (Å²) < 4.78 is 5.00. The molecule has 8 heteroatoms. The van der Waals surface area contributed by atoms with E-state index in [1.54, 1.807) is 31.4 Å². The fourth-order valence-electron chi connectivity index (χ4n) is 2.51. The largest absolute Gasteiger partial charge is 0.383 e. The van der Waals surface area contributed by atoms with E-state index in [0.29, 0.717) is 12.2 Å². The molecule has 0 spiro atoms. The Labute approximate surface area is 175 Å². The van der Waals surface area contributed by atoms with Crippen LogP contribution in [0.5, 0.6) is 0 Å². The van der Waals surface area contributed by atoms with Gasteiger partial charge in [-0.25, -0.2) is 5.48 Å². The van der Waals surface area contributed by atoms with Gasteiger partial charge in [0.05, 0.1) is 6.61 Å². The molecule has 2 rings (SSSR count). The van der Waals surface area contributed by atoms with E-state index < -0.39 is 17.9 Å². The van der Waals surface area contributed by atoms with Crippen LogP contribution in [0.2, 0.25) is 0 Å². The number of hydroxylamine groups is 1. The van der Waals surface area contributed by atoms with Crippen molar-refractivity contribution in [1.82, 2.24) is 16.1 Å². The van der Waals surface area contributed by atoms with Gasteiger partial charge in [-0.05, 0) is 42.0 Å². The maximum atomic E-state index is 12.2. The van der Waals surface area contributed by atoms with Gasteiger partial charge >= 0.3 is 0 Å². The van der Waals surface area contributed by atoms with Crippen molar-refractivity contribution in [3.05, 3.63) is 70.8 Å². The minimum Gasteiger partial charge on any atom is -0.383 e. The summed E-state index contributed by atoms with van der Waals surface area (Å²) in [7, 11) is 1.67. The smallest absolute Gasteiger partial charge is 0.267 e. The third-order valence-corrected chi connectivity index (χ3v) is 4.23. The van der Waals surface area contributed by atoms with Crippen molar-refractivity contribution >= 4 is 11.8 Å². The van der Waals surface area contributed by atoms with Gasteiger partial charge in [0.25, 0.3) is 11.8 Å². The number of nitrogens with one attached hydrogen (secondary N) is 3. The Balaban J connectivity index is 1.94. The Hall–Kier alpha value is -3.22. The first-order valence-electron chi connectivity index (χ1n) is 9.43. The first-order valence-corrected chi connectivity index (χ1v) is 9.43. The van der Waals surface area contributed by atoms with Gasteiger partial charge in [-0.1, -0.05) is 24.0 Å². The number of rotatable bonds is 9. The molecule has 0 saturated carbocycles. The van der Waals surface area contributed by atoms with Gasteiger partial charge < -0.3 is 21.1 Å². The standard InChI is InChI=1S/C22H26N4O4/c1-30-13-12-24-15-18-6-4-16(5-7-18)2-3-17-8-10-19(11-9-17)21(27)25-20(14-23)22(28)26-29/h4-11,20,24,29H,12-15,23H2,1H3,(H,25,27)(H,26,28)/t20-/m0/s1. The third-order valence-electron chi connectivity index (χ3n) is 4.23. The lowest BCUT2D eigenvalue weighted by molar-refractivity contribution is -0.130. The molecule has 0 unspecified atom stereocenters. The van der Waals surface area contributed by atoms with Crippen molar-refractivity contribution in [3.63, 3.8) is 0 Å². The second kappa shape index (κ2) is 12.4. The normalized spacial score (nSPS) is 11.2. The summed E-state index contributed by atoms with van der Waals surface area (Å²) in [6.07, 6.45) is 0. The summed E-state index contributed by atoms with van der Waals surface area (Å²) in [5, 5.41) is 14.4. The van der Waals surface area contributed by atoms with Crippen LogP contribution >= 0.6 is 0 Å². The number of carbonyl (C=O) groups excluding carboxylic acids is 2. The van der Waals surface area contributed by atoms with Crippen molar-refractivity contribution in [3.8, 4) is 11.8 Å². The van der Waals surface area contributed by atoms with Gasteiger partial charge in [0.2, 0.25) is 0 Å². The highest BCUT2D eigenvalue weighted by atomic mass is 16.5. The average molecular weight is 410 g/mol. The van der Waals surface area contributed by atoms with E-state index in [1.807, 2.05) is 24.3 Å². The summed E-state index contributed by atoms with van der Waals surface area (Å²) in [6.45, 7) is 2.11. The lowest BCUT2D eigenvalue weighted by Crippen LogP contribution is -2.50. The maximum Gasteiger partial charge on any atom is 0.267 e. The number of benzene rings is 2. The fraction of sp³-hybridized carbons (Fsp3) is 0.273. The zero-order valence-electron chi connectivity index (χ0n) is 16.8. The molecular weight excluding hydrogens is 384 g/mol. The van der Waals surface area contributed by atoms with Gasteiger partial charge in [0.15, 0.2) is 0 Å². The van der Waals surface area contributed by atoms with Gasteiger partial charge in [-0.2, -0.15) is 0 Å². The molecule has 2 amide bonds. The topological polar surface area (TPSA) is 126 Å². The van der Waals surface area contributed by atoms with Crippen molar-refractivity contribution < 1.29 is 19.5 Å². The molecule has 0 fully saturated rings. The molecule has 6 N–H and O–H groups in total. The predicted octanol–water partition coefficient (Wildman–Crippen LogP) is 0.385. The highest BCUT2D eigenvalue weighted by Gasteiger charge is 2.19. The molecule has 0 saturated heterocycles. The zero-order chi connectivity index (χ0) is 21.8. The van der Waals surface area contributed by atoms with Gasteiger partial charge in [-0.15, -0.1) is 0 Å². The second-order valence-corrected chi connectivity index (χ2v) is 6.43. The number of hydrogen-bond donors (Lipinski definition) is 5. The predicted molar refractivity (Wildman–Crippen MR) is 113 cm³/mol. The number of methoxy groups -OCH3 is 1. The lowest BCUT2D eigenvalue weighted by atomic mass is 10.1. The molecule has 158 valence electrons. The van der Waals surface area contributed by atoms with E-state index in [-0.39, 0.29) is 6.54 Å². The van der Waals surface area contributed by atoms with Crippen molar-refractivity contribution in [2.24, 2.45) is 5.73 Å². The van der Waals surface area contributed by atoms with Gasteiger partial charge in [0.1, 0.15) is 6.04 Å². The van der Waals surface area contributed by atoms with Crippen LogP contribution in [0, 0.1) is 11.8 Å². The number of nitrogens with two attached hydrogens (primary N) is 1. The fourth-order valence-corrected chi connectivity index (χ4v) is 2.51. The summed E-state index contributed by atoms with van der Waals surface area (Å²) in [4.78, 5) is 23.6. The SMILES string of the molecule is COCCNCc1ccc(C#Cc2ccc(C(=O)N[C@@H](CN)C(=O)NO)cc2)cc1. The van der Waals surface area contributed by atoms with Gasteiger partial charge in [0, 0.05) is 43.4 Å². The molecule has 0 aliphatic carbocycles. The molecule has 0 bridgehead atoms. The summed E-state index contributed by atoms with van der Waals surface area (Å²) in [5.74, 6) is 4.90. The Morgan fingerprint density at radius 1 is 1.07 bits per heavy atom. The van der Waals surface area contributed by atoms with Crippen LogP contribution in [-0.2, 0) is 16.1 Å². The van der Waals surface area contributed by atoms with Gasteiger partial charge in [-0.3, -0.25) is 14.8 Å². The molecule has 8 nitrogen and oxygen atoms in total. The van der Waals surface area contributed by atoms with E-state index >= 15 is 0 Å². The molecule has 2 aromatic rings. The Morgan fingerprint density at radius 3 is 2.20 bits per heavy atom. The maximum absolute atomic E-state index is 12.2. The van der Waals surface area contributed by atoms with Crippen LogP contribution in [0.15, 0.2) is 48.5 Å². The van der Waals surface area contributed by atoms with E-state index in [9.17, 15) is 9.59 Å². The number of ether oxygens (including phenoxy) is 1. The Bertz CT molecular complexity index is 886.